The number of nitrogens with one attached hydrogen (secondary N) is 2. The molecule has 1 heterocycles. The van der Waals surface area contributed by atoms with Gasteiger partial charge < -0.3 is 20.1 Å². The Bertz CT molecular complexity index is 675. The van der Waals surface area contributed by atoms with Gasteiger partial charge in [0, 0.05) is 33.2 Å². The molecule has 162 valence electrons. The molecule has 1 aromatic rings. The number of benzene rings is 1. The predicted molar refractivity (Wildman–Crippen MR) is 114 cm³/mol. The average molecular weight is 407 g/mol. The van der Waals surface area contributed by atoms with Gasteiger partial charge in [0.2, 0.25) is 0 Å². The summed E-state index contributed by atoms with van der Waals surface area (Å²) in [5, 5.41) is 6.73. The van der Waals surface area contributed by atoms with Crippen LogP contribution in [0.3, 0.4) is 0 Å². The van der Waals surface area contributed by atoms with Gasteiger partial charge in [0.1, 0.15) is 0 Å². The van der Waals surface area contributed by atoms with E-state index in [-0.39, 0.29) is 11.9 Å². The topological polar surface area (TPSA) is 58.1 Å². The van der Waals surface area contributed by atoms with Crippen molar-refractivity contribution in [3.05, 3.63) is 29.6 Å². The zero-order chi connectivity index (χ0) is 20.6. The first kappa shape index (κ1) is 21.8. The molecule has 7 heteroatoms. The van der Waals surface area contributed by atoms with Gasteiger partial charge in [-0.2, -0.15) is 0 Å². The molecule has 0 radical (unpaired) electrons. The molecule has 2 N–H and O–H groups in total. The number of ether oxygens (including phenoxy) is 2. The Morgan fingerprint density at radius 2 is 2.07 bits per heavy atom. The van der Waals surface area contributed by atoms with Crippen LogP contribution in [0.25, 0.3) is 0 Å². The Morgan fingerprint density at radius 3 is 2.72 bits per heavy atom. The second-order valence-corrected chi connectivity index (χ2v) is 8.28. The van der Waals surface area contributed by atoms with E-state index >= 15 is 0 Å². The number of nitrogens with zero attached hydrogens (tertiary/aromatic N) is 2. The van der Waals surface area contributed by atoms with Gasteiger partial charge in [-0.3, -0.25) is 9.89 Å². The largest absolute Gasteiger partial charge is 0.490 e. The minimum absolute atomic E-state index is 0.0669. The highest BCUT2D eigenvalue weighted by atomic mass is 19.1. The van der Waals surface area contributed by atoms with E-state index in [1.54, 1.807) is 19.2 Å². The molecule has 1 aliphatic carbocycles. The molecule has 29 heavy (non-hydrogen) atoms. The summed E-state index contributed by atoms with van der Waals surface area (Å²) in [4.78, 5) is 6.75. The van der Waals surface area contributed by atoms with E-state index in [9.17, 15) is 4.39 Å². The van der Waals surface area contributed by atoms with E-state index in [1.165, 1.54) is 12.8 Å². The van der Waals surface area contributed by atoms with E-state index in [2.05, 4.69) is 27.4 Å². The molecule has 1 saturated heterocycles. The Morgan fingerprint density at radius 1 is 1.31 bits per heavy atom. The Hall–Kier alpha value is -1.86. The molecule has 2 unspecified atom stereocenters. The molecule has 0 bridgehead atoms. The van der Waals surface area contributed by atoms with Gasteiger partial charge in [-0.15, -0.1) is 0 Å². The quantitative estimate of drug-likeness (QED) is 0.488. The molecule has 0 amide bonds. The molecular weight excluding hydrogens is 371 g/mol. The average Bonchev–Trinajstić information content (AvgIpc) is 3.55. The van der Waals surface area contributed by atoms with Crippen LogP contribution in [0.1, 0.15) is 38.3 Å². The highest BCUT2D eigenvalue weighted by Gasteiger charge is 2.22. The predicted octanol–water partition coefficient (Wildman–Crippen LogP) is 2.81. The zero-order valence-electron chi connectivity index (χ0n) is 17.9. The summed E-state index contributed by atoms with van der Waals surface area (Å²) in [6.07, 6.45) is 2.38. The number of rotatable bonds is 9. The van der Waals surface area contributed by atoms with Crippen molar-refractivity contribution in [1.82, 2.24) is 15.5 Å². The fraction of sp³-hybridized carbons (Fsp3) is 0.682. The molecular formula is C22H35FN4O2. The lowest BCUT2D eigenvalue weighted by Gasteiger charge is -2.29. The second-order valence-electron chi connectivity index (χ2n) is 8.28. The van der Waals surface area contributed by atoms with Crippen LogP contribution < -0.4 is 15.4 Å². The van der Waals surface area contributed by atoms with E-state index < -0.39 is 0 Å². The molecule has 1 aliphatic heterocycles. The highest BCUT2D eigenvalue weighted by molar-refractivity contribution is 5.80. The zero-order valence-corrected chi connectivity index (χ0v) is 17.9. The summed E-state index contributed by atoms with van der Waals surface area (Å²) in [7, 11) is 1.75. The molecule has 2 atom stereocenters. The van der Waals surface area contributed by atoms with Gasteiger partial charge in [0.25, 0.3) is 0 Å². The number of hydrogen-bond donors (Lipinski definition) is 2. The van der Waals surface area contributed by atoms with Crippen molar-refractivity contribution >= 4 is 5.96 Å². The molecule has 1 saturated carbocycles. The summed E-state index contributed by atoms with van der Waals surface area (Å²) in [5.41, 5.74) is 0.866. The maximum Gasteiger partial charge on any atom is 0.191 e. The van der Waals surface area contributed by atoms with E-state index in [0.29, 0.717) is 24.2 Å². The summed E-state index contributed by atoms with van der Waals surface area (Å²) in [6, 6.07) is 5.12. The van der Waals surface area contributed by atoms with Crippen LogP contribution >= 0.6 is 0 Å². The summed E-state index contributed by atoms with van der Waals surface area (Å²) in [6.45, 7) is 10.4. The van der Waals surface area contributed by atoms with Gasteiger partial charge >= 0.3 is 0 Å². The lowest BCUT2D eigenvalue weighted by Crippen LogP contribution is -2.44. The Labute approximate surface area is 173 Å². The number of hydrogen-bond acceptors (Lipinski definition) is 4. The summed E-state index contributed by atoms with van der Waals surface area (Å²) >= 11 is 0. The summed E-state index contributed by atoms with van der Waals surface area (Å²) < 4.78 is 25.4. The van der Waals surface area contributed by atoms with Crippen LogP contribution in [-0.4, -0.2) is 63.9 Å². The lowest BCUT2D eigenvalue weighted by atomic mass is 10.1. The maximum atomic E-state index is 14.4. The Balaban J connectivity index is 1.44. The van der Waals surface area contributed by atoms with Crippen LogP contribution in [0.15, 0.2) is 23.2 Å². The van der Waals surface area contributed by atoms with Crippen molar-refractivity contribution in [3.63, 3.8) is 0 Å². The first-order chi connectivity index (χ1) is 14.0. The fourth-order valence-electron chi connectivity index (χ4n) is 3.44. The minimum Gasteiger partial charge on any atom is -0.490 e. The normalized spacial score (nSPS) is 20.2. The van der Waals surface area contributed by atoms with Gasteiger partial charge in [-0.1, -0.05) is 13.0 Å². The second kappa shape index (κ2) is 10.8. The number of halogens is 1. The number of guanidine groups is 1. The minimum atomic E-state index is -0.307. The van der Waals surface area contributed by atoms with Crippen molar-refractivity contribution < 1.29 is 13.9 Å². The van der Waals surface area contributed by atoms with Crippen LogP contribution in [0.2, 0.25) is 0 Å². The number of morpholine rings is 1. The Kier molecular flexibility index (Phi) is 8.12. The van der Waals surface area contributed by atoms with Gasteiger partial charge in [0.15, 0.2) is 17.5 Å². The molecule has 2 aliphatic rings. The monoisotopic (exact) mass is 406 g/mol. The van der Waals surface area contributed by atoms with Crippen molar-refractivity contribution in [2.45, 2.75) is 32.7 Å². The van der Waals surface area contributed by atoms with Crippen LogP contribution in [0, 0.1) is 17.7 Å². The number of aliphatic imine (C=N–C) groups is 1. The summed E-state index contributed by atoms with van der Waals surface area (Å²) in [5.74, 6) is 1.85. The lowest BCUT2D eigenvalue weighted by molar-refractivity contribution is 0.0320. The first-order valence-electron chi connectivity index (χ1n) is 10.7. The molecule has 1 aromatic carbocycles. The van der Waals surface area contributed by atoms with E-state index in [0.717, 1.165) is 50.9 Å². The highest BCUT2D eigenvalue weighted by Crippen LogP contribution is 2.30. The third-order valence-corrected chi connectivity index (χ3v) is 5.50. The molecule has 0 spiro atoms. The van der Waals surface area contributed by atoms with Crippen molar-refractivity contribution in [2.24, 2.45) is 16.8 Å². The smallest absolute Gasteiger partial charge is 0.191 e. The van der Waals surface area contributed by atoms with Crippen molar-refractivity contribution in [3.8, 4) is 5.75 Å². The molecule has 0 aromatic heterocycles. The maximum absolute atomic E-state index is 14.4. The third-order valence-electron chi connectivity index (χ3n) is 5.50. The molecule has 3 rings (SSSR count). The van der Waals surface area contributed by atoms with Crippen molar-refractivity contribution in [1.29, 1.82) is 0 Å². The van der Waals surface area contributed by atoms with E-state index in [1.807, 2.05) is 13.0 Å². The SMILES string of the molecule is CN=C(NCC(C)CN1CCOCC1)NC(C)c1ccc(OCC2CC2)c(F)c1. The first-order valence-corrected chi connectivity index (χ1v) is 10.7. The van der Waals surface area contributed by atoms with Crippen LogP contribution in [0.5, 0.6) is 5.75 Å². The van der Waals surface area contributed by atoms with Crippen LogP contribution in [0.4, 0.5) is 4.39 Å². The van der Waals surface area contributed by atoms with Gasteiger partial charge in [-0.05, 0) is 49.3 Å². The van der Waals surface area contributed by atoms with Gasteiger partial charge in [-0.25, -0.2) is 4.39 Å². The molecule has 6 nitrogen and oxygen atoms in total. The molecule has 2 fully saturated rings. The third kappa shape index (κ3) is 7.16. The van der Waals surface area contributed by atoms with Crippen LogP contribution in [-0.2, 0) is 4.74 Å². The standard InChI is InChI=1S/C22H35FN4O2/c1-16(14-27-8-10-28-11-9-27)13-25-22(24-3)26-17(2)19-6-7-21(20(23)12-19)29-15-18-4-5-18/h6-7,12,16-18H,4-5,8-11,13-15H2,1-3H3,(H2,24,25,26). The van der Waals surface area contributed by atoms with Gasteiger partial charge in [0.05, 0.1) is 25.9 Å². The van der Waals surface area contributed by atoms with Crippen molar-refractivity contribution in [2.75, 3.05) is 53.0 Å². The fourth-order valence-corrected chi connectivity index (χ4v) is 3.44. The van der Waals surface area contributed by atoms with E-state index in [4.69, 9.17) is 9.47 Å².